The molecule has 6 nitrogen and oxygen atoms in total. The summed E-state index contributed by atoms with van der Waals surface area (Å²) in [6.45, 7) is 8.36. The third-order valence-corrected chi connectivity index (χ3v) is 4.28. The maximum absolute atomic E-state index is 12.2. The van der Waals surface area contributed by atoms with E-state index in [1.807, 2.05) is 12.1 Å². The van der Waals surface area contributed by atoms with Crippen molar-refractivity contribution in [1.82, 2.24) is 15.5 Å². The lowest BCUT2D eigenvalue weighted by atomic mass is 10.0. The highest BCUT2D eigenvalue weighted by atomic mass is 127. The fraction of sp³-hybridized carbons (Fsp3) is 0.579. The lowest BCUT2D eigenvalue weighted by Gasteiger charge is -2.33. The molecule has 0 aliphatic carbocycles. The highest BCUT2D eigenvalue weighted by Gasteiger charge is 2.18. The van der Waals surface area contributed by atoms with Crippen molar-refractivity contribution in [2.45, 2.75) is 26.7 Å². The van der Waals surface area contributed by atoms with Crippen molar-refractivity contribution in [3.8, 4) is 5.75 Å². The molecule has 1 saturated heterocycles. The normalized spacial score (nSPS) is 17.3. The van der Waals surface area contributed by atoms with Crippen LogP contribution < -0.4 is 15.4 Å². The van der Waals surface area contributed by atoms with Gasteiger partial charge in [0, 0.05) is 31.7 Å². The second-order valence-corrected chi connectivity index (χ2v) is 6.42. The summed E-state index contributed by atoms with van der Waals surface area (Å²) in [5, 5.41) is 6.27. The van der Waals surface area contributed by atoms with Gasteiger partial charge in [-0.15, -0.1) is 24.0 Å². The number of piperidine rings is 1. The molecule has 26 heavy (non-hydrogen) atoms. The van der Waals surface area contributed by atoms with Crippen LogP contribution in [0.1, 0.15) is 37.0 Å². The third-order valence-electron chi connectivity index (χ3n) is 4.28. The van der Waals surface area contributed by atoms with Gasteiger partial charge in [-0.2, -0.15) is 0 Å². The summed E-state index contributed by atoms with van der Waals surface area (Å²) in [5.74, 6) is 2.22. The van der Waals surface area contributed by atoms with Gasteiger partial charge in [0.2, 0.25) is 0 Å². The average Bonchev–Trinajstić information content (AvgIpc) is 2.64. The van der Waals surface area contributed by atoms with Crippen LogP contribution in [0.15, 0.2) is 29.3 Å². The Morgan fingerprint density at radius 2 is 2.19 bits per heavy atom. The summed E-state index contributed by atoms with van der Waals surface area (Å²) in [6, 6.07) is 7.15. The number of ether oxygens (including phenoxy) is 1. The molecule has 2 N–H and O–H groups in total. The van der Waals surface area contributed by atoms with Gasteiger partial charge in [-0.25, -0.2) is 0 Å². The summed E-state index contributed by atoms with van der Waals surface area (Å²) in [4.78, 5) is 19.2. The molecule has 1 atom stereocenters. The number of nitrogens with one attached hydrogen (secondary N) is 2. The number of amides is 1. The zero-order valence-corrected chi connectivity index (χ0v) is 18.3. The molecule has 1 aliphatic heterocycles. The summed E-state index contributed by atoms with van der Waals surface area (Å²) in [6.07, 6.45) is 2.49. The Bertz CT molecular complexity index is 595. The molecule has 0 radical (unpaired) electrons. The van der Waals surface area contributed by atoms with E-state index >= 15 is 0 Å². The number of nitrogens with zero attached hydrogens (tertiary/aromatic N) is 2. The van der Waals surface area contributed by atoms with E-state index in [0.29, 0.717) is 30.3 Å². The van der Waals surface area contributed by atoms with Crippen LogP contribution in [0, 0.1) is 5.92 Å². The van der Waals surface area contributed by atoms with E-state index in [9.17, 15) is 4.79 Å². The Hall–Kier alpha value is -1.51. The van der Waals surface area contributed by atoms with Gasteiger partial charge >= 0.3 is 0 Å². The fourth-order valence-electron chi connectivity index (χ4n) is 3.01. The molecule has 1 aromatic carbocycles. The van der Waals surface area contributed by atoms with Gasteiger partial charge in [0.25, 0.3) is 5.91 Å². The molecule has 0 saturated carbocycles. The van der Waals surface area contributed by atoms with Gasteiger partial charge in [0.1, 0.15) is 5.75 Å². The smallest absolute Gasteiger partial charge is 0.251 e. The molecular weight excluding hydrogens is 443 g/mol. The van der Waals surface area contributed by atoms with Crippen LogP contribution in [0.4, 0.5) is 0 Å². The van der Waals surface area contributed by atoms with E-state index in [-0.39, 0.29) is 29.9 Å². The molecule has 7 heteroatoms. The zero-order chi connectivity index (χ0) is 18.1. The number of carbonyl (C=O) groups excluding carboxylic acids is 1. The SMILES string of the molecule is CCNC(=NCCNC(=O)c1cccc(OC)c1)N1CCCC(C)C1.I. The molecule has 0 aromatic heterocycles. The summed E-state index contributed by atoms with van der Waals surface area (Å²) in [7, 11) is 1.59. The fourth-order valence-corrected chi connectivity index (χ4v) is 3.01. The molecule has 1 aliphatic rings. The summed E-state index contributed by atoms with van der Waals surface area (Å²) >= 11 is 0. The first-order valence-electron chi connectivity index (χ1n) is 9.09. The van der Waals surface area contributed by atoms with Crippen molar-refractivity contribution >= 4 is 35.8 Å². The number of carbonyl (C=O) groups is 1. The molecule has 1 heterocycles. The monoisotopic (exact) mass is 474 g/mol. The van der Waals surface area contributed by atoms with Crippen LogP contribution in [0.25, 0.3) is 0 Å². The van der Waals surface area contributed by atoms with Crippen LogP contribution >= 0.6 is 24.0 Å². The van der Waals surface area contributed by atoms with Crippen molar-refractivity contribution in [2.24, 2.45) is 10.9 Å². The summed E-state index contributed by atoms with van der Waals surface area (Å²) in [5.41, 5.74) is 0.597. The number of halogens is 1. The minimum atomic E-state index is -0.106. The Balaban J connectivity index is 0.00000338. The Labute approximate surface area is 173 Å². The van der Waals surface area contributed by atoms with Gasteiger partial charge in [-0.3, -0.25) is 9.79 Å². The number of rotatable bonds is 6. The quantitative estimate of drug-likeness (QED) is 0.288. The van der Waals surface area contributed by atoms with Gasteiger partial charge in [-0.1, -0.05) is 13.0 Å². The highest BCUT2D eigenvalue weighted by molar-refractivity contribution is 14.0. The number of likely N-dealkylation sites (tertiary alicyclic amines) is 1. The second kappa shape index (κ2) is 12.0. The lowest BCUT2D eigenvalue weighted by molar-refractivity contribution is 0.0954. The zero-order valence-electron chi connectivity index (χ0n) is 16.0. The number of hydrogen-bond acceptors (Lipinski definition) is 3. The van der Waals surface area contributed by atoms with Crippen LogP contribution in [-0.4, -0.2) is 56.6 Å². The predicted octanol–water partition coefficient (Wildman–Crippen LogP) is 2.74. The van der Waals surface area contributed by atoms with Crippen molar-refractivity contribution in [1.29, 1.82) is 0 Å². The second-order valence-electron chi connectivity index (χ2n) is 6.42. The number of benzene rings is 1. The van der Waals surface area contributed by atoms with Gasteiger partial charge in [0.05, 0.1) is 13.7 Å². The van der Waals surface area contributed by atoms with E-state index in [1.165, 1.54) is 12.8 Å². The summed E-state index contributed by atoms with van der Waals surface area (Å²) < 4.78 is 5.15. The number of guanidine groups is 1. The first-order valence-corrected chi connectivity index (χ1v) is 9.09. The largest absolute Gasteiger partial charge is 0.497 e. The van der Waals surface area contributed by atoms with Gasteiger partial charge in [-0.05, 0) is 43.9 Å². The molecule has 1 unspecified atom stereocenters. The average molecular weight is 474 g/mol. The van der Waals surface area contributed by atoms with E-state index < -0.39 is 0 Å². The van der Waals surface area contributed by atoms with Crippen molar-refractivity contribution in [2.75, 3.05) is 39.8 Å². The topological polar surface area (TPSA) is 66.0 Å². The maximum Gasteiger partial charge on any atom is 0.251 e. The van der Waals surface area contributed by atoms with E-state index in [2.05, 4.69) is 34.4 Å². The van der Waals surface area contributed by atoms with Crippen LogP contribution in [0.2, 0.25) is 0 Å². The number of aliphatic imine (C=N–C) groups is 1. The van der Waals surface area contributed by atoms with Gasteiger partial charge < -0.3 is 20.3 Å². The molecule has 0 bridgehead atoms. The van der Waals surface area contributed by atoms with Crippen molar-refractivity contribution in [3.05, 3.63) is 29.8 Å². The van der Waals surface area contributed by atoms with E-state index in [1.54, 1.807) is 19.2 Å². The predicted molar refractivity (Wildman–Crippen MR) is 117 cm³/mol. The van der Waals surface area contributed by atoms with E-state index in [4.69, 9.17) is 4.74 Å². The Morgan fingerprint density at radius 3 is 2.88 bits per heavy atom. The number of hydrogen-bond donors (Lipinski definition) is 2. The van der Waals surface area contributed by atoms with Crippen LogP contribution in [0.5, 0.6) is 5.75 Å². The first-order chi connectivity index (χ1) is 12.1. The van der Waals surface area contributed by atoms with Crippen molar-refractivity contribution in [3.63, 3.8) is 0 Å². The molecule has 2 rings (SSSR count). The minimum Gasteiger partial charge on any atom is -0.497 e. The molecule has 1 aromatic rings. The standard InChI is InChI=1S/C19H30N4O2.HI/c1-4-20-19(23-12-6-7-15(2)14-23)22-11-10-21-18(24)16-8-5-9-17(13-16)25-3;/h5,8-9,13,15H,4,6-7,10-12,14H2,1-3H3,(H,20,22)(H,21,24);1H. The van der Waals surface area contributed by atoms with Crippen LogP contribution in [-0.2, 0) is 0 Å². The molecule has 0 spiro atoms. The molecule has 1 amide bonds. The van der Waals surface area contributed by atoms with Gasteiger partial charge in [0.15, 0.2) is 5.96 Å². The Kier molecular flexibility index (Phi) is 10.4. The van der Waals surface area contributed by atoms with Crippen LogP contribution in [0.3, 0.4) is 0 Å². The third kappa shape index (κ3) is 7.01. The molecule has 146 valence electrons. The number of methoxy groups -OCH3 is 1. The van der Waals surface area contributed by atoms with E-state index in [0.717, 1.165) is 25.6 Å². The molecule has 1 fully saturated rings. The lowest BCUT2D eigenvalue weighted by Crippen LogP contribution is -2.46. The minimum absolute atomic E-state index is 0. The maximum atomic E-state index is 12.2. The Morgan fingerprint density at radius 1 is 1.38 bits per heavy atom. The molecular formula is C19H31IN4O2. The highest BCUT2D eigenvalue weighted by Crippen LogP contribution is 2.15. The van der Waals surface area contributed by atoms with Crippen molar-refractivity contribution < 1.29 is 9.53 Å². The first kappa shape index (κ1) is 22.5.